The molecule has 4 rings (SSSR count). The number of benzene rings is 2. The molecule has 1 unspecified atom stereocenters. The van der Waals surface area contributed by atoms with Crippen molar-refractivity contribution in [2.45, 2.75) is 12.6 Å². The van der Waals surface area contributed by atoms with Crippen LogP contribution in [-0.2, 0) is 6.54 Å². The van der Waals surface area contributed by atoms with Gasteiger partial charge in [0, 0.05) is 26.2 Å². The predicted octanol–water partition coefficient (Wildman–Crippen LogP) is 2.08. The summed E-state index contributed by atoms with van der Waals surface area (Å²) in [5, 5.41) is 12.8. The van der Waals surface area contributed by atoms with Crippen LogP contribution in [0.1, 0.15) is 23.0 Å². The van der Waals surface area contributed by atoms with Gasteiger partial charge in [-0.3, -0.25) is 4.90 Å². The second-order valence-electron chi connectivity index (χ2n) is 7.90. The summed E-state index contributed by atoms with van der Waals surface area (Å²) in [6.45, 7) is 4.40. The molecule has 1 aliphatic heterocycles. The van der Waals surface area contributed by atoms with E-state index in [0.717, 1.165) is 48.9 Å². The van der Waals surface area contributed by atoms with Gasteiger partial charge in [-0.2, -0.15) is 0 Å². The third kappa shape index (κ3) is 4.68. The van der Waals surface area contributed by atoms with Crippen LogP contribution in [0.3, 0.4) is 0 Å². The topological polar surface area (TPSA) is 77.8 Å². The number of methoxy groups -OCH3 is 3. The number of ether oxygens (including phenoxy) is 3. The van der Waals surface area contributed by atoms with E-state index in [-0.39, 0.29) is 6.04 Å². The number of nitrogens with zero attached hydrogens (tertiary/aromatic N) is 6. The summed E-state index contributed by atoms with van der Waals surface area (Å²) >= 11 is 0. The molecule has 2 aromatic carbocycles. The Morgan fingerprint density at radius 2 is 1.59 bits per heavy atom. The van der Waals surface area contributed by atoms with Gasteiger partial charge in [0.2, 0.25) is 0 Å². The van der Waals surface area contributed by atoms with Gasteiger partial charge in [0.15, 0.2) is 17.3 Å². The van der Waals surface area contributed by atoms with Crippen molar-refractivity contribution in [2.24, 2.45) is 0 Å². The zero-order valence-electron chi connectivity index (χ0n) is 19.1. The van der Waals surface area contributed by atoms with E-state index in [2.05, 4.69) is 38.4 Å². The van der Waals surface area contributed by atoms with E-state index in [0.29, 0.717) is 18.0 Å². The Bertz CT molecular complexity index is 1010. The minimum Gasteiger partial charge on any atom is -0.497 e. The molecule has 0 bridgehead atoms. The first-order valence-corrected chi connectivity index (χ1v) is 10.7. The summed E-state index contributed by atoms with van der Waals surface area (Å²) in [6.07, 6.45) is 0. The number of likely N-dealkylation sites (N-methyl/N-ethyl adjacent to an activating group) is 1. The second-order valence-corrected chi connectivity index (χ2v) is 7.90. The van der Waals surface area contributed by atoms with E-state index >= 15 is 0 Å². The molecule has 1 fully saturated rings. The number of rotatable bonds is 8. The minimum absolute atomic E-state index is 0.100. The van der Waals surface area contributed by atoms with Crippen molar-refractivity contribution < 1.29 is 14.2 Å². The van der Waals surface area contributed by atoms with E-state index in [1.54, 1.807) is 21.3 Å². The summed E-state index contributed by atoms with van der Waals surface area (Å²) in [5.74, 6) is 3.02. The van der Waals surface area contributed by atoms with Crippen LogP contribution >= 0.6 is 0 Å². The smallest absolute Gasteiger partial charge is 0.173 e. The highest BCUT2D eigenvalue weighted by molar-refractivity contribution is 5.45. The second kappa shape index (κ2) is 9.97. The average Bonchev–Trinajstić information content (AvgIpc) is 3.28. The number of tetrazole rings is 1. The third-order valence-electron chi connectivity index (χ3n) is 5.92. The van der Waals surface area contributed by atoms with Crippen LogP contribution in [0.4, 0.5) is 0 Å². The van der Waals surface area contributed by atoms with E-state index in [1.165, 1.54) is 0 Å². The summed E-state index contributed by atoms with van der Waals surface area (Å²) in [4.78, 5) is 4.76. The van der Waals surface area contributed by atoms with Gasteiger partial charge in [0.05, 0.1) is 33.9 Å². The fourth-order valence-electron chi connectivity index (χ4n) is 4.05. The van der Waals surface area contributed by atoms with E-state index in [9.17, 15) is 0 Å². The first kappa shape index (κ1) is 22.0. The molecule has 9 nitrogen and oxygen atoms in total. The molecule has 9 heteroatoms. The Hall–Kier alpha value is -3.17. The highest BCUT2D eigenvalue weighted by atomic mass is 16.5. The van der Waals surface area contributed by atoms with Crippen molar-refractivity contribution in [2.75, 3.05) is 54.6 Å². The molecule has 0 N–H and O–H groups in total. The molecule has 2 heterocycles. The maximum atomic E-state index is 5.57. The van der Waals surface area contributed by atoms with Crippen LogP contribution in [0.2, 0.25) is 0 Å². The zero-order valence-corrected chi connectivity index (χ0v) is 19.1. The molecule has 0 saturated carbocycles. The minimum atomic E-state index is -0.100. The van der Waals surface area contributed by atoms with E-state index in [4.69, 9.17) is 14.2 Å². The molecule has 170 valence electrons. The van der Waals surface area contributed by atoms with Gasteiger partial charge >= 0.3 is 0 Å². The average molecular weight is 439 g/mol. The van der Waals surface area contributed by atoms with Crippen LogP contribution < -0.4 is 14.2 Å². The highest BCUT2D eigenvalue weighted by Gasteiger charge is 2.30. The SMILES string of the molecule is COc1ccc(Cn2nnnc2C(c2ccc(OC)c(OC)c2)N2CCN(C)CC2)cc1. The largest absolute Gasteiger partial charge is 0.497 e. The lowest BCUT2D eigenvalue weighted by Crippen LogP contribution is -2.46. The Morgan fingerprint density at radius 3 is 2.25 bits per heavy atom. The highest BCUT2D eigenvalue weighted by Crippen LogP contribution is 2.35. The predicted molar refractivity (Wildman–Crippen MR) is 120 cm³/mol. The van der Waals surface area contributed by atoms with Gasteiger partial charge in [-0.05, 0) is 52.9 Å². The molecule has 1 aliphatic rings. The van der Waals surface area contributed by atoms with Gasteiger partial charge < -0.3 is 19.1 Å². The number of hydrogen-bond donors (Lipinski definition) is 0. The lowest BCUT2D eigenvalue weighted by atomic mass is 10.0. The maximum absolute atomic E-state index is 5.57. The van der Waals surface area contributed by atoms with Crippen molar-refractivity contribution in [1.82, 2.24) is 30.0 Å². The van der Waals surface area contributed by atoms with Crippen molar-refractivity contribution in [3.63, 3.8) is 0 Å². The van der Waals surface area contributed by atoms with Gasteiger partial charge in [-0.15, -0.1) is 5.10 Å². The van der Waals surface area contributed by atoms with Crippen LogP contribution in [-0.4, -0.2) is 84.6 Å². The lowest BCUT2D eigenvalue weighted by molar-refractivity contribution is 0.121. The molecule has 0 amide bonds. The van der Waals surface area contributed by atoms with Gasteiger partial charge in [-0.25, -0.2) is 4.68 Å². The standard InChI is InChI=1S/C23H30N6O3/c1-27-11-13-28(14-12-27)22(18-7-10-20(31-3)21(15-18)32-4)23-24-25-26-29(23)16-17-5-8-19(30-2)9-6-17/h5-10,15,22H,11-14,16H2,1-4H3. The number of hydrogen-bond acceptors (Lipinski definition) is 8. The third-order valence-corrected chi connectivity index (χ3v) is 5.92. The van der Waals surface area contributed by atoms with Crippen LogP contribution in [0.25, 0.3) is 0 Å². The Morgan fingerprint density at radius 1 is 0.875 bits per heavy atom. The summed E-state index contributed by atoms with van der Waals surface area (Å²) in [6, 6.07) is 13.9. The van der Waals surface area contributed by atoms with Gasteiger partial charge in [-0.1, -0.05) is 18.2 Å². The monoisotopic (exact) mass is 438 g/mol. The first-order chi connectivity index (χ1) is 15.6. The van der Waals surface area contributed by atoms with Crippen LogP contribution in [0.15, 0.2) is 42.5 Å². The molecule has 0 radical (unpaired) electrons. The molecule has 1 aromatic heterocycles. The molecule has 32 heavy (non-hydrogen) atoms. The normalized spacial score (nSPS) is 16.0. The first-order valence-electron chi connectivity index (χ1n) is 10.7. The quantitative estimate of drug-likeness (QED) is 0.529. The Labute approximate surface area is 188 Å². The fourth-order valence-corrected chi connectivity index (χ4v) is 4.05. The Kier molecular flexibility index (Phi) is 6.87. The molecule has 3 aromatic rings. The summed E-state index contributed by atoms with van der Waals surface area (Å²) in [7, 11) is 7.11. The molecule has 0 aliphatic carbocycles. The molecule has 1 atom stereocenters. The maximum Gasteiger partial charge on any atom is 0.173 e. The molecule has 0 spiro atoms. The number of aromatic nitrogens is 4. The summed E-state index contributed by atoms with van der Waals surface area (Å²) < 4.78 is 18.2. The Balaban J connectivity index is 1.70. The van der Waals surface area contributed by atoms with Gasteiger partial charge in [0.1, 0.15) is 5.75 Å². The van der Waals surface area contributed by atoms with Gasteiger partial charge in [0.25, 0.3) is 0 Å². The van der Waals surface area contributed by atoms with E-state index < -0.39 is 0 Å². The zero-order chi connectivity index (χ0) is 22.5. The molecular weight excluding hydrogens is 408 g/mol. The van der Waals surface area contributed by atoms with E-state index in [1.807, 2.05) is 41.1 Å². The van der Waals surface area contributed by atoms with Crippen molar-refractivity contribution in [3.8, 4) is 17.2 Å². The van der Waals surface area contributed by atoms with Crippen molar-refractivity contribution in [1.29, 1.82) is 0 Å². The number of piperazine rings is 1. The van der Waals surface area contributed by atoms with Crippen LogP contribution in [0, 0.1) is 0 Å². The fraction of sp³-hybridized carbons (Fsp3) is 0.435. The molecular formula is C23H30N6O3. The summed E-state index contributed by atoms with van der Waals surface area (Å²) in [5.41, 5.74) is 2.17. The van der Waals surface area contributed by atoms with Crippen molar-refractivity contribution >= 4 is 0 Å². The molecule has 1 saturated heterocycles. The lowest BCUT2D eigenvalue weighted by Gasteiger charge is -2.37. The van der Waals surface area contributed by atoms with Crippen LogP contribution in [0.5, 0.6) is 17.2 Å². The van der Waals surface area contributed by atoms with Crippen molar-refractivity contribution in [3.05, 3.63) is 59.4 Å².